The van der Waals surface area contributed by atoms with Crippen molar-refractivity contribution in [3.05, 3.63) is 47.6 Å². The van der Waals surface area contributed by atoms with Crippen LogP contribution in [0, 0.1) is 0 Å². The number of hydrogen-bond acceptors (Lipinski definition) is 5. The standard InChI is InChI=1S/C17H21N3O3/c21-11-14(10-12-4-2-1-3-5-12)18-15(22)8-9-16-19-17(20-23-16)13-6-7-13/h1-5,13-14,21H,6-11H2,(H,18,22). The topological polar surface area (TPSA) is 88.2 Å². The highest BCUT2D eigenvalue weighted by Crippen LogP contribution is 2.38. The molecule has 1 atom stereocenters. The van der Waals surface area contributed by atoms with Crippen LogP contribution in [0.3, 0.4) is 0 Å². The Hall–Kier alpha value is -2.21. The van der Waals surface area contributed by atoms with Gasteiger partial charge in [-0.15, -0.1) is 0 Å². The number of aliphatic hydroxyl groups excluding tert-OH is 1. The molecule has 0 bridgehead atoms. The third-order valence-electron chi connectivity index (χ3n) is 3.90. The number of nitrogens with one attached hydrogen (secondary N) is 1. The minimum atomic E-state index is -0.283. The maximum atomic E-state index is 12.0. The number of carbonyl (C=O) groups is 1. The van der Waals surface area contributed by atoms with E-state index in [-0.39, 0.29) is 25.0 Å². The molecule has 1 saturated carbocycles. The van der Waals surface area contributed by atoms with E-state index >= 15 is 0 Å². The van der Waals surface area contributed by atoms with Gasteiger partial charge >= 0.3 is 0 Å². The van der Waals surface area contributed by atoms with Crippen molar-refractivity contribution in [2.45, 2.75) is 44.1 Å². The maximum Gasteiger partial charge on any atom is 0.227 e. The van der Waals surface area contributed by atoms with Gasteiger partial charge < -0.3 is 14.9 Å². The molecule has 3 rings (SSSR count). The molecule has 2 aromatic rings. The number of aromatic nitrogens is 2. The Morgan fingerprint density at radius 1 is 1.35 bits per heavy atom. The summed E-state index contributed by atoms with van der Waals surface area (Å²) in [5.74, 6) is 1.60. The Balaban J connectivity index is 1.45. The number of nitrogens with zero attached hydrogens (tertiary/aromatic N) is 2. The molecule has 6 nitrogen and oxygen atoms in total. The molecular formula is C17H21N3O3. The lowest BCUT2D eigenvalue weighted by molar-refractivity contribution is -0.122. The van der Waals surface area contributed by atoms with Gasteiger partial charge in [-0.3, -0.25) is 4.79 Å². The van der Waals surface area contributed by atoms with Crippen molar-refractivity contribution >= 4 is 5.91 Å². The van der Waals surface area contributed by atoms with Gasteiger partial charge in [-0.05, 0) is 24.8 Å². The van der Waals surface area contributed by atoms with E-state index in [0.29, 0.717) is 24.7 Å². The summed E-state index contributed by atoms with van der Waals surface area (Å²) in [4.78, 5) is 16.3. The van der Waals surface area contributed by atoms with E-state index in [9.17, 15) is 9.90 Å². The Kier molecular flexibility index (Phi) is 5.02. The predicted octanol–water partition coefficient (Wildman–Crippen LogP) is 1.60. The van der Waals surface area contributed by atoms with Crippen molar-refractivity contribution in [1.82, 2.24) is 15.5 Å². The van der Waals surface area contributed by atoms with Crippen LogP contribution in [-0.4, -0.2) is 33.8 Å². The van der Waals surface area contributed by atoms with Crippen molar-refractivity contribution in [3.8, 4) is 0 Å². The number of amides is 1. The molecule has 1 aromatic heterocycles. The van der Waals surface area contributed by atoms with Gasteiger partial charge in [0.15, 0.2) is 5.82 Å². The predicted molar refractivity (Wildman–Crippen MR) is 83.8 cm³/mol. The molecule has 1 heterocycles. The van der Waals surface area contributed by atoms with E-state index in [4.69, 9.17) is 4.52 Å². The summed E-state index contributed by atoms with van der Waals surface area (Å²) in [5, 5.41) is 16.2. The number of carbonyl (C=O) groups excluding carboxylic acids is 1. The number of aliphatic hydroxyl groups is 1. The third kappa shape index (κ3) is 4.63. The summed E-state index contributed by atoms with van der Waals surface area (Å²) in [6, 6.07) is 9.50. The number of rotatable bonds is 8. The summed E-state index contributed by atoms with van der Waals surface area (Å²) in [5.41, 5.74) is 1.08. The average Bonchev–Trinajstić information content (AvgIpc) is 3.32. The molecule has 1 fully saturated rings. The molecule has 1 aromatic carbocycles. The van der Waals surface area contributed by atoms with Crippen LogP contribution in [0.1, 0.15) is 42.5 Å². The number of benzene rings is 1. The zero-order chi connectivity index (χ0) is 16.1. The van der Waals surface area contributed by atoms with Gasteiger partial charge in [0.05, 0.1) is 12.6 Å². The fraction of sp³-hybridized carbons (Fsp3) is 0.471. The van der Waals surface area contributed by atoms with Gasteiger partial charge in [0.2, 0.25) is 11.8 Å². The third-order valence-corrected chi connectivity index (χ3v) is 3.90. The first-order chi connectivity index (χ1) is 11.2. The van der Waals surface area contributed by atoms with Crippen LogP contribution in [0.2, 0.25) is 0 Å². The number of hydrogen-bond donors (Lipinski definition) is 2. The van der Waals surface area contributed by atoms with Gasteiger partial charge in [0, 0.05) is 18.8 Å². The molecule has 2 N–H and O–H groups in total. The fourth-order valence-electron chi connectivity index (χ4n) is 2.46. The lowest BCUT2D eigenvalue weighted by atomic mass is 10.1. The molecule has 1 amide bonds. The van der Waals surface area contributed by atoms with Crippen molar-refractivity contribution in [1.29, 1.82) is 0 Å². The summed E-state index contributed by atoms with van der Waals surface area (Å²) in [6.07, 6.45) is 3.55. The molecule has 122 valence electrons. The van der Waals surface area contributed by atoms with E-state index in [1.54, 1.807) is 0 Å². The minimum absolute atomic E-state index is 0.0903. The Morgan fingerprint density at radius 3 is 2.83 bits per heavy atom. The largest absolute Gasteiger partial charge is 0.394 e. The first-order valence-electron chi connectivity index (χ1n) is 8.01. The minimum Gasteiger partial charge on any atom is -0.394 e. The van der Waals surface area contributed by atoms with E-state index in [2.05, 4.69) is 15.5 Å². The van der Waals surface area contributed by atoms with E-state index in [1.807, 2.05) is 30.3 Å². The molecular weight excluding hydrogens is 294 g/mol. The highest BCUT2D eigenvalue weighted by atomic mass is 16.5. The van der Waals surface area contributed by atoms with E-state index in [1.165, 1.54) is 0 Å². The van der Waals surface area contributed by atoms with Gasteiger partial charge in [-0.1, -0.05) is 35.5 Å². The molecule has 0 saturated heterocycles. The van der Waals surface area contributed by atoms with Crippen molar-refractivity contribution in [2.75, 3.05) is 6.61 Å². The van der Waals surface area contributed by atoms with Crippen LogP contribution in [0.15, 0.2) is 34.9 Å². The Bertz CT molecular complexity index is 638. The highest BCUT2D eigenvalue weighted by Gasteiger charge is 2.28. The van der Waals surface area contributed by atoms with Crippen LogP contribution in [-0.2, 0) is 17.6 Å². The molecule has 1 aliphatic carbocycles. The van der Waals surface area contributed by atoms with Gasteiger partial charge in [0.25, 0.3) is 0 Å². The monoisotopic (exact) mass is 315 g/mol. The van der Waals surface area contributed by atoms with Crippen molar-refractivity contribution in [3.63, 3.8) is 0 Å². The van der Waals surface area contributed by atoms with E-state index in [0.717, 1.165) is 24.2 Å². The second-order valence-electron chi connectivity index (χ2n) is 5.96. The molecule has 23 heavy (non-hydrogen) atoms. The maximum absolute atomic E-state index is 12.0. The summed E-state index contributed by atoms with van der Waals surface area (Å²) >= 11 is 0. The number of aryl methyl sites for hydroxylation is 1. The highest BCUT2D eigenvalue weighted by molar-refractivity contribution is 5.76. The summed E-state index contributed by atoms with van der Waals surface area (Å²) in [6.45, 7) is -0.0903. The first-order valence-corrected chi connectivity index (χ1v) is 8.01. The average molecular weight is 315 g/mol. The summed E-state index contributed by atoms with van der Waals surface area (Å²) in [7, 11) is 0. The van der Waals surface area contributed by atoms with Gasteiger partial charge in [-0.2, -0.15) is 4.98 Å². The van der Waals surface area contributed by atoms with Crippen molar-refractivity contribution in [2.24, 2.45) is 0 Å². The SMILES string of the molecule is O=C(CCc1nc(C2CC2)no1)NC(CO)Cc1ccccc1. The normalized spacial score (nSPS) is 15.3. The van der Waals surface area contributed by atoms with Crippen LogP contribution in [0.25, 0.3) is 0 Å². The van der Waals surface area contributed by atoms with Gasteiger partial charge in [-0.25, -0.2) is 0 Å². The Morgan fingerprint density at radius 2 is 2.13 bits per heavy atom. The Labute approximate surface area is 134 Å². The zero-order valence-corrected chi connectivity index (χ0v) is 12.9. The first kappa shape index (κ1) is 15.7. The zero-order valence-electron chi connectivity index (χ0n) is 12.9. The molecule has 0 aliphatic heterocycles. The molecule has 1 aliphatic rings. The second-order valence-corrected chi connectivity index (χ2v) is 5.96. The molecule has 0 spiro atoms. The fourth-order valence-corrected chi connectivity index (χ4v) is 2.46. The van der Waals surface area contributed by atoms with Crippen LogP contribution >= 0.6 is 0 Å². The lowest BCUT2D eigenvalue weighted by Crippen LogP contribution is -2.39. The summed E-state index contributed by atoms with van der Waals surface area (Å²) < 4.78 is 5.15. The van der Waals surface area contributed by atoms with E-state index < -0.39 is 0 Å². The van der Waals surface area contributed by atoms with Crippen molar-refractivity contribution < 1.29 is 14.4 Å². The molecule has 1 unspecified atom stereocenters. The second kappa shape index (κ2) is 7.37. The smallest absolute Gasteiger partial charge is 0.227 e. The molecule has 0 radical (unpaired) electrons. The van der Waals surface area contributed by atoms with Crippen LogP contribution < -0.4 is 5.32 Å². The lowest BCUT2D eigenvalue weighted by Gasteiger charge is -2.16. The van der Waals surface area contributed by atoms with Crippen LogP contribution in [0.5, 0.6) is 0 Å². The van der Waals surface area contributed by atoms with Crippen LogP contribution in [0.4, 0.5) is 0 Å². The molecule has 6 heteroatoms. The quantitative estimate of drug-likeness (QED) is 0.772. The van der Waals surface area contributed by atoms with Gasteiger partial charge in [0.1, 0.15) is 0 Å².